The Balaban J connectivity index is 1.89. The lowest BCUT2D eigenvalue weighted by Crippen LogP contribution is -2.34. The van der Waals surface area contributed by atoms with Crippen LogP contribution in [0.15, 0.2) is 42.5 Å². The second kappa shape index (κ2) is 10.3. The summed E-state index contributed by atoms with van der Waals surface area (Å²) in [6, 6.07) is 11.5. The molecule has 0 aliphatic carbocycles. The average molecular weight is 455 g/mol. The van der Waals surface area contributed by atoms with Gasteiger partial charge in [-0.05, 0) is 66.9 Å². The zero-order valence-electron chi connectivity index (χ0n) is 14.6. The van der Waals surface area contributed by atoms with Gasteiger partial charge in [-0.1, -0.05) is 30.1 Å². The van der Waals surface area contributed by atoms with Gasteiger partial charge in [0.2, 0.25) is 5.91 Å². The van der Waals surface area contributed by atoms with Crippen LogP contribution >= 0.6 is 47.6 Å². The molecular formula is C18H16Cl2N4O2S2. The fourth-order valence-electron chi connectivity index (χ4n) is 1.99. The molecule has 2 aromatic rings. The molecule has 2 amide bonds. The first kappa shape index (κ1) is 22.0. The smallest absolute Gasteiger partial charge is 0.257 e. The van der Waals surface area contributed by atoms with E-state index in [0.717, 1.165) is 0 Å². The van der Waals surface area contributed by atoms with E-state index in [9.17, 15) is 9.59 Å². The van der Waals surface area contributed by atoms with Crippen molar-refractivity contribution in [1.82, 2.24) is 10.6 Å². The molecule has 0 heterocycles. The second-order valence-electron chi connectivity index (χ2n) is 5.47. The third kappa shape index (κ3) is 6.72. The maximum atomic E-state index is 12.2. The van der Waals surface area contributed by atoms with E-state index in [1.807, 2.05) is 0 Å². The van der Waals surface area contributed by atoms with Crippen LogP contribution in [-0.2, 0) is 4.79 Å². The number of hydrogen-bond donors (Lipinski definition) is 4. The number of halogens is 2. The summed E-state index contributed by atoms with van der Waals surface area (Å²) in [5, 5.41) is 11.9. The van der Waals surface area contributed by atoms with E-state index >= 15 is 0 Å². The van der Waals surface area contributed by atoms with Crippen LogP contribution in [0.1, 0.15) is 23.7 Å². The summed E-state index contributed by atoms with van der Waals surface area (Å²) >= 11 is 21.9. The lowest BCUT2D eigenvalue weighted by atomic mass is 10.2. The van der Waals surface area contributed by atoms with Crippen LogP contribution in [0.5, 0.6) is 0 Å². The van der Waals surface area contributed by atoms with Crippen LogP contribution in [0, 0.1) is 0 Å². The molecule has 28 heavy (non-hydrogen) atoms. The summed E-state index contributed by atoms with van der Waals surface area (Å²) in [6.07, 6.45) is 0.343. The first-order chi connectivity index (χ1) is 13.3. The van der Waals surface area contributed by atoms with Crippen molar-refractivity contribution >= 4 is 81.1 Å². The maximum Gasteiger partial charge on any atom is 0.257 e. The van der Waals surface area contributed by atoms with Crippen LogP contribution in [0.25, 0.3) is 0 Å². The number of anilines is 2. The highest BCUT2D eigenvalue weighted by atomic mass is 35.5. The lowest BCUT2D eigenvalue weighted by molar-refractivity contribution is -0.119. The van der Waals surface area contributed by atoms with Gasteiger partial charge < -0.3 is 16.0 Å². The van der Waals surface area contributed by atoms with Gasteiger partial charge in [0.15, 0.2) is 10.2 Å². The summed E-state index contributed by atoms with van der Waals surface area (Å²) in [5.41, 5.74) is 1.69. The van der Waals surface area contributed by atoms with E-state index in [1.165, 1.54) is 12.1 Å². The summed E-state index contributed by atoms with van der Waals surface area (Å²) in [6.45, 7) is 1.74. The first-order valence-corrected chi connectivity index (χ1v) is 9.64. The molecule has 0 radical (unpaired) electrons. The normalized spacial score (nSPS) is 9.96. The van der Waals surface area contributed by atoms with Crippen molar-refractivity contribution in [2.24, 2.45) is 0 Å². The fourth-order valence-corrected chi connectivity index (χ4v) is 2.73. The molecule has 0 saturated carbocycles. The van der Waals surface area contributed by atoms with Crippen LogP contribution < -0.4 is 21.3 Å². The predicted octanol–water partition coefficient (Wildman–Crippen LogP) is 4.34. The zero-order chi connectivity index (χ0) is 20.7. The molecule has 0 fully saturated rings. The molecule has 0 spiro atoms. The Labute approximate surface area is 183 Å². The largest absolute Gasteiger partial charge is 0.332 e. The number of amides is 2. The Morgan fingerprint density at radius 3 is 1.89 bits per heavy atom. The SMILES string of the molecule is CCC(=O)NC(=S)Nc1ccc(NC(=S)NC(=O)c2ccc(Cl)c(Cl)c2)cc1. The van der Waals surface area contributed by atoms with E-state index in [1.54, 1.807) is 37.3 Å². The molecule has 10 heteroatoms. The quantitative estimate of drug-likeness (QED) is 0.514. The molecule has 0 saturated heterocycles. The molecule has 2 rings (SSSR count). The number of carbonyl (C=O) groups is 2. The number of thiocarbonyl (C=S) groups is 2. The summed E-state index contributed by atoms with van der Waals surface area (Å²) in [4.78, 5) is 23.5. The van der Waals surface area contributed by atoms with E-state index in [2.05, 4.69) is 21.3 Å². The Bertz CT molecular complexity index is 920. The number of hydrogen-bond acceptors (Lipinski definition) is 4. The molecule has 2 aromatic carbocycles. The predicted molar refractivity (Wildman–Crippen MR) is 121 cm³/mol. The van der Waals surface area contributed by atoms with Crippen molar-refractivity contribution in [3.05, 3.63) is 58.1 Å². The third-order valence-corrected chi connectivity index (χ3v) is 4.53. The van der Waals surface area contributed by atoms with Crippen LogP contribution in [0.2, 0.25) is 10.0 Å². The number of benzene rings is 2. The van der Waals surface area contributed by atoms with Crippen molar-refractivity contribution in [2.75, 3.05) is 10.6 Å². The molecular weight excluding hydrogens is 439 g/mol. The van der Waals surface area contributed by atoms with Crippen molar-refractivity contribution < 1.29 is 9.59 Å². The second-order valence-corrected chi connectivity index (χ2v) is 7.10. The monoisotopic (exact) mass is 454 g/mol. The summed E-state index contributed by atoms with van der Waals surface area (Å²) in [5.74, 6) is -0.579. The molecule has 0 bridgehead atoms. The van der Waals surface area contributed by atoms with Crippen molar-refractivity contribution in [1.29, 1.82) is 0 Å². The molecule has 4 N–H and O–H groups in total. The van der Waals surface area contributed by atoms with Gasteiger partial charge >= 0.3 is 0 Å². The standard InChI is InChI=1S/C18H16Cl2N4O2S2/c1-2-15(25)23-17(27)21-11-4-6-12(7-5-11)22-18(28)24-16(26)10-3-8-13(19)14(20)9-10/h3-9H,2H2,1H3,(H2,21,23,25,27)(H2,22,24,26,28). The summed E-state index contributed by atoms with van der Waals surface area (Å²) < 4.78 is 0. The molecule has 0 unspecified atom stereocenters. The minimum absolute atomic E-state index is 0.127. The van der Waals surface area contributed by atoms with Crippen molar-refractivity contribution in [3.63, 3.8) is 0 Å². The molecule has 0 aliphatic heterocycles. The van der Waals surface area contributed by atoms with Gasteiger partial charge in [-0.15, -0.1) is 0 Å². The van der Waals surface area contributed by atoms with Gasteiger partial charge in [0.05, 0.1) is 10.0 Å². The highest BCUT2D eigenvalue weighted by Crippen LogP contribution is 2.22. The number of rotatable bonds is 4. The highest BCUT2D eigenvalue weighted by molar-refractivity contribution is 7.80. The summed E-state index contributed by atoms with van der Waals surface area (Å²) in [7, 11) is 0. The van der Waals surface area contributed by atoms with Gasteiger partial charge in [0.25, 0.3) is 5.91 Å². The van der Waals surface area contributed by atoms with Gasteiger partial charge in [-0.2, -0.15) is 0 Å². The third-order valence-electron chi connectivity index (χ3n) is 3.38. The maximum absolute atomic E-state index is 12.2. The Morgan fingerprint density at radius 1 is 0.857 bits per heavy atom. The molecule has 146 valence electrons. The molecule has 6 nitrogen and oxygen atoms in total. The van der Waals surface area contributed by atoms with E-state index in [4.69, 9.17) is 47.6 Å². The topological polar surface area (TPSA) is 82.3 Å². The van der Waals surface area contributed by atoms with Gasteiger partial charge in [-0.3, -0.25) is 14.9 Å². The Morgan fingerprint density at radius 2 is 1.39 bits per heavy atom. The number of carbonyl (C=O) groups excluding carboxylic acids is 2. The molecule has 0 aromatic heterocycles. The van der Waals surface area contributed by atoms with Crippen LogP contribution in [-0.4, -0.2) is 22.0 Å². The highest BCUT2D eigenvalue weighted by Gasteiger charge is 2.10. The molecule has 0 atom stereocenters. The zero-order valence-corrected chi connectivity index (χ0v) is 17.8. The van der Waals surface area contributed by atoms with E-state index in [0.29, 0.717) is 28.4 Å². The van der Waals surface area contributed by atoms with Gasteiger partial charge in [-0.25, -0.2) is 0 Å². The van der Waals surface area contributed by atoms with Crippen molar-refractivity contribution in [2.45, 2.75) is 13.3 Å². The fraction of sp³-hybridized carbons (Fsp3) is 0.111. The van der Waals surface area contributed by atoms with Crippen LogP contribution in [0.3, 0.4) is 0 Å². The Hall–Kier alpha value is -2.26. The van der Waals surface area contributed by atoms with E-state index in [-0.39, 0.29) is 21.2 Å². The minimum atomic E-state index is -0.411. The minimum Gasteiger partial charge on any atom is -0.332 e. The lowest BCUT2D eigenvalue weighted by Gasteiger charge is -2.12. The average Bonchev–Trinajstić information content (AvgIpc) is 2.65. The molecule has 0 aliphatic rings. The van der Waals surface area contributed by atoms with Crippen LogP contribution in [0.4, 0.5) is 11.4 Å². The Kier molecular flexibility index (Phi) is 8.13. The first-order valence-electron chi connectivity index (χ1n) is 8.06. The van der Waals surface area contributed by atoms with Gasteiger partial charge in [0, 0.05) is 23.4 Å². The van der Waals surface area contributed by atoms with Crippen molar-refractivity contribution in [3.8, 4) is 0 Å². The van der Waals surface area contributed by atoms with Gasteiger partial charge in [0.1, 0.15) is 0 Å². The number of nitrogens with one attached hydrogen (secondary N) is 4. The van der Waals surface area contributed by atoms with E-state index < -0.39 is 5.91 Å².